The van der Waals surface area contributed by atoms with Gasteiger partial charge in [-0.05, 0) is 43.5 Å². The summed E-state index contributed by atoms with van der Waals surface area (Å²) in [4.78, 5) is 0. The highest BCUT2D eigenvalue weighted by molar-refractivity contribution is 6.30. The number of aromatic nitrogens is 2. The first-order valence-corrected chi connectivity index (χ1v) is 7.46. The molecule has 1 heterocycles. The van der Waals surface area contributed by atoms with Crippen molar-refractivity contribution in [3.05, 3.63) is 46.6 Å². The number of nitrogens with one attached hydrogen (secondary N) is 1. The molecule has 1 N–H and O–H groups in total. The zero-order valence-corrected chi connectivity index (χ0v) is 12.1. The van der Waals surface area contributed by atoms with Crippen LogP contribution in [0.1, 0.15) is 36.6 Å². The van der Waals surface area contributed by atoms with E-state index >= 15 is 0 Å². The molecule has 2 aromatic rings. The molecule has 0 radical (unpaired) electrons. The summed E-state index contributed by atoms with van der Waals surface area (Å²) in [5.74, 6) is 1.39. The van der Waals surface area contributed by atoms with Crippen LogP contribution in [0.25, 0.3) is 0 Å². The predicted octanol–water partition coefficient (Wildman–Crippen LogP) is 3.00. The van der Waals surface area contributed by atoms with E-state index in [-0.39, 0.29) is 0 Å². The van der Waals surface area contributed by atoms with Crippen molar-refractivity contribution >= 4 is 11.6 Å². The summed E-state index contributed by atoms with van der Waals surface area (Å²) in [6.45, 7) is 1.03. The van der Waals surface area contributed by atoms with Gasteiger partial charge in [0.05, 0.1) is 6.42 Å². The van der Waals surface area contributed by atoms with Crippen molar-refractivity contribution in [2.75, 3.05) is 6.54 Å². The quantitative estimate of drug-likeness (QED) is 0.797. The average molecular weight is 292 g/mol. The normalized spacial score (nSPS) is 14.7. The van der Waals surface area contributed by atoms with Crippen molar-refractivity contribution in [3.63, 3.8) is 0 Å². The maximum Gasteiger partial charge on any atom is 0.220 e. The Labute approximate surface area is 123 Å². The van der Waals surface area contributed by atoms with Crippen molar-refractivity contribution in [1.82, 2.24) is 15.5 Å². The van der Waals surface area contributed by atoms with Crippen LogP contribution in [-0.4, -0.2) is 22.8 Å². The van der Waals surface area contributed by atoms with Crippen LogP contribution in [-0.2, 0) is 12.8 Å². The van der Waals surface area contributed by atoms with E-state index in [2.05, 4.69) is 15.5 Å². The van der Waals surface area contributed by atoms with Gasteiger partial charge in [-0.2, -0.15) is 0 Å². The predicted molar refractivity (Wildman–Crippen MR) is 77.9 cm³/mol. The molecule has 1 aliphatic rings. The molecule has 0 bridgehead atoms. The Hall–Kier alpha value is -1.39. The largest absolute Gasteiger partial charge is 0.425 e. The van der Waals surface area contributed by atoms with E-state index in [4.69, 9.17) is 16.0 Å². The van der Waals surface area contributed by atoms with Crippen LogP contribution < -0.4 is 5.32 Å². The molecule has 0 spiro atoms. The number of hydrogen-bond donors (Lipinski definition) is 1. The van der Waals surface area contributed by atoms with Crippen LogP contribution in [0.5, 0.6) is 0 Å². The molecule has 0 saturated heterocycles. The highest BCUT2D eigenvalue weighted by Gasteiger charge is 2.19. The second-order valence-electron chi connectivity index (χ2n) is 5.22. The van der Waals surface area contributed by atoms with Gasteiger partial charge in [-0.3, -0.25) is 0 Å². The monoisotopic (exact) mass is 291 g/mol. The third-order valence-corrected chi connectivity index (χ3v) is 3.61. The molecule has 1 saturated carbocycles. The fourth-order valence-corrected chi connectivity index (χ4v) is 2.20. The lowest BCUT2D eigenvalue weighted by molar-refractivity contribution is 0.449. The van der Waals surface area contributed by atoms with Crippen molar-refractivity contribution in [2.24, 2.45) is 0 Å². The summed E-state index contributed by atoms with van der Waals surface area (Å²) in [7, 11) is 0. The van der Waals surface area contributed by atoms with Gasteiger partial charge in [0.15, 0.2) is 0 Å². The standard InChI is InChI=1S/C15H18ClN3O/c16-12-5-3-11(4-6-12)10-15-19-18-14(20-15)2-1-9-17-13-7-8-13/h3-6,13,17H,1-2,7-10H2. The van der Waals surface area contributed by atoms with E-state index in [1.54, 1.807) is 0 Å². The lowest BCUT2D eigenvalue weighted by Crippen LogP contribution is -2.17. The maximum absolute atomic E-state index is 5.86. The first kappa shape index (κ1) is 13.6. The minimum Gasteiger partial charge on any atom is -0.425 e. The van der Waals surface area contributed by atoms with Gasteiger partial charge in [-0.15, -0.1) is 10.2 Å². The molecule has 20 heavy (non-hydrogen) atoms. The van der Waals surface area contributed by atoms with Gasteiger partial charge in [0.25, 0.3) is 0 Å². The van der Waals surface area contributed by atoms with E-state index in [9.17, 15) is 0 Å². The zero-order valence-electron chi connectivity index (χ0n) is 11.3. The lowest BCUT2D eigenvalue weighted by atomic mass is 10.1. The van der Waals surface area contributed by atoms with E-state index in [0.29, 0.717) is 12.3 Å². The van der Waals surface area contributed by atoms with Crippen LogP contribution in [0.15, 0.2) is 28.7 Å². The minimum absolute atomic E-state index is 0.657. The van der Waals surface area contributed by atoms with Crippen LogP contribution >= 0.6 is 11.6 Å². The fraction of sp³-hybridized carbons (Fsp3) is 0.467. The van der Waals surface area contributed by atoms with Gasteiger partial charge >= 0.3 is 0 Å². The fourth-order valence-electron chi connectivity index (χ4n) is 2.07. The summed E-state index contributed by atoms with van der Waals surface area (Å²) in [5.41, 5.74) is 1.13. The molecule has 106 valence electrons. The molecule has 5 heteroatoms. The Morgan fingerprint density at radius 1 is 1.15 bits per heavy atom. The van der Waals surface area contributed by atoms with Gasteiger partial charge < -0.3 is 9.73 Å². The van der Waals surface area contributed by atoms with Crippen LogP contribution in [0.4, 0.5) is 0 Å². The van der Waals surface area contributed by atoms with Gasteiger partial charge in [-0.1, -0.05) is 23.7 Å². The highest BCUT2D eigenvalue weighted by atomic mass is 35.5. The van der Waals surface area contributed by atoms with E-state index in [1.165, 1.54) is 12.8 Å². The van der Waals surface area contributed by atoms with E-state index in [0.717, 1.165) is 41.9 Å². The topological polar surface area (TPSA) is 51.0 Å². The summed E-state index contributed by atoms with van der Waals surface area (Å²) in [6.07, 6.45) is 5.19. The van der Waals surface area contributed by atoms with Crippen molar-refractivity contribution in [2.45, 2.75) is 38.1 Å². The molecule has 1 aliphatic carbocycles. The summed E-state index contributed by atoms with van der Waals surface area (Å²) >= 11 is 5.86. The van der Waals surface area contributed by atoms with E-state index < -0.39 is 0 Å². The Morgan fingerprint density at radius 2 is 1.90 bits per heavy atom. The Balaban J connectivity index is 1.46. The van der Waals surface area contributed by atoms with Crippen LogP contribution in [0, 0.1) is 0 Å². The number of aryl methyl sites for hydroxylation is 1. The summed E-state index contributed by atoms with van der Waals surface area (Å²) in [6, 6.07) is 8.46. The van der Waals surface area contributed by atoms with Gasteiger partial charge in [0.2, 0.25) is 11.8 Å². The molecule has 0 amide bonds. The van der Waals surface area contributed by atoms with Gasteiger partial charge in [-0.25, -0.2) is 0 Å². The molecule has 1 aromatic heterocycles. The first-order valence-electron chi connectivity index (χ1n) is 7.09. The SMILES string of the molecule is Clc1ccc(Cc2nnc(CCCNC3CC3)o2)cc1. The molecule has 1 fully saturated rings. The molecular weight excluding hydrogens is 274 g/mol. The van der Waals surface area contributed by atoms with Crippen LogP contribution in [0.3, 0.4) is 0 Å². The Bertz CT molecular complexity index is 549. The number of halogens is 1. The third-order valence-electron chi connectivity index (χ3n) is 3.36. The second kappa shape index (κ2) is 6.37. The maximum atomic E-state index is 5.86. The van der Waals surface area contributed by atoms with Crippen molar-refractivity contribution in [1.29, 1.82) is 0 Å². The molecule has 3 rings (SSSR count). The molecule has 0 unspecified atom stereocenters. The number of rotatable bonds is 7. The zero-order chi connectivity index (χ0) is 13.8. The summed E-state index contributed by atoms with van der Waals surface area (Å²) < 4.78 is 5.66. The smallest absolute Gasteiger partial charge is 0.220 e. The van der Waals surface area contributed by atoms with E-state index in [1.807, 2.05) is 24.3 Å². The Morgan fingerprint density at radius 3 is 2.65 bits per heavy atom. The summed E-state index contributed by atoms with van der Waals surface area (Å²) in [5, 5.41) is 12.4. The second-order valence-corrected chi connectivity index (χ2v) is 5.66. The number of benzene rings is 1. The van der Waals surface area contributed by atoms with Gasteiger partial charge in [0.1, 0.15) is 0 Å². The van der Waals surface area contributed by atoms with Gasteiger partial charge in [0, 0.05) is 17.5 Å². The molecular formula is C15H18ClN3O. The number of hydrogen-bond acceptors (Lipinski definition) is 4. The van der Waals surface area contributed by atoms with Crippen molar-refractivity contribution in [3.8, 4) is 0 Å². The first-order chi connectivity index (χ1) is 9.79. The third kappa shape index (κ3) is 4.05. The molecule has 0 atom stereocenters. The Kier molecular flexibility index (Phi) is 4.33. The van der Waals surface area contributed by atoms with Crippen LogP contribution in [0.2, 0.25) is 5.02 Å². The average Bonchev–Trinajstić information content (AvgIpc) is 3.17. The minimum atomic E-state index is 0.657. The lowest BCUT2D eigenvalue weighted by Gasteiger charge is -1.99. The number of nitrogens with zero attached hydrogens (tertiary/aromatic N) is 2. The van der Waals surface area contributed by atoms with Crippen molar-refractivity contribution < 1.29 is 4.42 Å². The molecule has 0 aliphatic heterocycles. The molecule has 4 nitrogen and oxygen atoms in total. The highest BCUT2D eigenvalue weighted by Crippen LogP contribution is 2.18. The molecule has 1 aromatic carbocycles.